The Hall–Kier alpha value is -3.15. The van der Waals surface area contributed by atoms with Crippen molar-refractivity contribution in [1.29, 1.82) is 0 Å². The highest BCUT2D eigenvalue weighted by atomic mass is 79.9. The number of carbonyl (C=O) groups is 3. The number of rotatable bonds is 13. The van der Waals surface area contributed by atoms with E-state index < -0.39 is 11.9 Å². The van der Waals surface area contributed by atoms with Crippen molar-refractivity contribution in [3.05, 3.63) is 73.2 Å². The Balaban J connectivity index is 0.000000479. The third-order valence-corrected chi connectivity index (χ3v) is 8.48. The zero-order valence-electron chi connectivity index (χ0n) is 28.0. The summed E-state index contributed by atoms with van der Waals surface area (Å²) in [5, 5.41) is 0.546. The molecule has 0 aliphatic heterocycles. The van der Waals surface area contributed by atoms with Gasteiger partial charge in [-0.25, -0.2) is 9.59 Å². The fourth-order valence-corrected chi connectivity index (χ4v) is 6.42. The Morgan fingerprint density at radius 1 is 1.13 bits per heavy atom. The highest BCUT2D eigenvalue weighted by Crippen LogP contribution is 2.55. The summed E-state index contributed by atoms with van der Waals surface area (Å²) in [4.78, 5) is 48.5. The Morgan fingerprint density at radius 2 is 1.80 bits per heavy atom. The monoisotopic (exact) mass is 724 g/mol. The maximum Gasteiger partial charge on any atom is 0.343 e. The summed E-state index contributed by atoms with van der Waals surface area (Å²) in [6.07, 6.45) is 7.56. The Kier molecular flexibility index (Phi) is 15.5. The molecule has 2 unspecified atom stereocenters. The van der Waals surface area contributed by atoms with Crippen LogP contribution in [0.15, 0.2) is 51.6 Å². The molecule has 46 heavy (non-hydrogen) atoms. The van der Waals surface area contributed by atoms with Crippen LogP contribution in [0.1, 0.15) is 81.8 Å². The van der Waals surface area contributed by atoms with E-state index in [1.54, 1.807) is 52.3 Å². The maximum atomic E-state index is 12.3. The number of Topliss-reactive ketones (excluding diaryl/α,β-unsaturated/α-hetero) is 1. The molecular weight excluding hydrogens is 680 g/mol. The first-order valence-corrected chi connectivity index (χ1v) is 16.4. The molecule has 0 spiro atoms. The van der Waals surface area contributed by atoms with Crippen LogP contribution in [0.25, 0.3) is 0 Å². The van der Waals surface area contributed by atoms with E-state index in [4.69, 9.17) is 30.5 Å². The molecule has 12 heteroatoms. The van der Waals surface area contributed by atoms with Gasteiger partial charge in [-0.1, -0.05) is 41.4 Å². The topological polar surface area (TPSA) is 113 Å². The van der Waals surface area contributed by atoms with Gasteiger partial charge in [-0.15, -0.1) is 0 Å². The average Bonchev–Trinajstić information content (AvgIpc) is 3.30. The van der Waals surface area contributed by atoms with Gasteiger partial charge in [0, 0.05) is 75.3 Å². The molecule has 1 aromatic heterocycles. The lowest BCUT2D eigenvalue weighted by molar-refractivity contribution is -0.139. The van der Waals surface area contributed by atoms with Crippen molar-refractivity contribution >= 4 is 45.3 Å². The number of carbonyl (C=O) groups excluding carboxylic acids is 3. The second kappa shape index (κ2) is 18.3. The average molecular weight is 726 g/mol. The number of ketones is 1. The lowest BCUT2D eigenvalue weighted by atomic mass is 9.82. The lowest BCUT2D eigenvalue weighted by Crippen LogP contribution is -2.28. The van der Waals surface area contributed by atoms with Crippen LogP contribution in [0.5, 0.6) is 5.75 Å². The van der Waals surface area contributed by atoms with Crippen LogP contribution in [-0.4, -0.2) is 74.8 Å². The Bertz CT molecular complexity index is 1450. The van der Waals surface area contributed by atoms with Gasteiger partial charge in [-0.2, -0.15) is 0 Å². The summed E-state index contributed by atoms with van der Waals surface area (Å²) in [5.74, 6) is -0.675. The van der Waals surface area contributed by atoms with Gasteiger partial charge in [0.1, 0.15) is 16.9 Å². The summed E-state index contributed by atoms with van der Waals surface area (Å²) in [6, 6.07) is 5.34. The summed E-state index contributed by atoms with van der Waals surface area (Å²) in [6.45, 7) is 10.8. The minimum Gasteiger partial charge on any atom is -0.492 e. The summed E-state index contributed by atoms with van der Waals surface area (Å²) in [5.41, 5.74) is 0.819. The number of esters is 2. The first-order valence-electron chi connectivity index (χ1n) is 15.2. The maximum absolute atomic E-state index is 12.3. The van der Waals surface area contributed by atoms with Crippen LogP contribution in [0, 0.1) is 5.41 Å². The number of nitrogens with zero attached hydrogens (tertiary/aromatic N) is 2. The predicted octanol–water partition coefficient (Wildman–Crippen LogP) is 6.59. The number of halogens is 2. The normalized spacial score (nSPS) is 17.0. The van der Waals surface area contributed by atoms with Crippen molar-refractivity contribution in [3.8, 4) is 5.75 Å². The summed E-state index contributed by atoms with van der Waals surface area (Å²) in [7, 11) is 5.14. The summed E-state index contributed by atoms with van der Waals surface area (Å²) < 4.78 is 23.7. The van der Waals surface area contributed by atoms with E-state index in [2.05, 4.69) is 29.8 Å². The van der Waals surface area contributed by atoms with Gasteiger partial charge in [0.05, 0.1) is 24.8 Å². The molecule has 1 aromatic carbocycles. The third kappa shape index (κ3) is 10.7. The Morgan fingerprint density at radius 3 is 2.39 bits per heavy atom. The van der Waals surface area contributed by atoms with Crippen LogP contribution in [0.4, 0.5) is 0 Å². The van der Waals surface area contributed by atoms with Gasteiger partial charge >= 0.3 is 11.9 Å². The molecule has 0 saturated heterocycles. The number of hydrogen-bond donors (Lipinski definition) is 0. The van der Waals surface area contributed by atoms with Crippen molar-refractivity contribution < 1.29 is 33.3 Å². The molecule has 1 fully saturated rings. The molecule has 1 saturated carbocycles. The number of ether oxygens (including phenoxy) is 4. The molecule has 2 aromatic rings. The number of benzene rings is 1. The standard InChI is InChI=1S/C25H31BrClNO5.C9H15NO3/c1-5-32-24(30)18-15-28(10-8-21(18)29)23-16(7-9-25(23,2)3)17-13-22(20(27)14-19(17)26)33-12-6-11-31-4;1-5-13-9(12)8(7(2)11)6-10(3)4/h8,10,13-16,23H,5-7,9,11-12H2,1-4H3;6H,5H2,1-4H3/b;8-6-. The molecule has 1 heterocycles. The Labute approximate surface area is 285 Å². The van der Waals surface area contributed by atoms with Gasteiger partial charge < -0.3 is 28.4 Å². The second-order valence-corrected chi connectivity index (χ2v) is 13.0. The van der Waals surface area contributed by atoms with Gasteiger partial charge in [0.25, 0.3) is 0 Å². The summed E-state index contributed by atoms with van der Waals surface area (Å²) >= 11 is 10.2. The molecule has 0 N–H and O–H groups in total. The third-order valence-electron chi connectivity index (χ3n) is 7.50. The molecule has 10 nitrogen and oxygen atoms in total. The molecule has 254 valence electrons. The van der Waals surface area contributed by atoms with Crippen LogP contribution in [-0.2, 0) is 23.8 Å². The van der Waals surface area contributed by atoms with Crippen LogP contribution < -0.4 is 10.2 Å². The van der Waals surface area contributed by atoms with E-state index >= 15 is 0 Å². The minimum atomic E-state index is -0.594. The quantitative estimate of drug-likeness (QED) is 0.0743. The van der Waals surface area contributed by atoms with Crippen molar-refractivity contribution in [2.45, 2.75) is 65.8 Å². The van der Waals surface area contributed by atoms with Crippen molar-refractivity contribution in [1.82, 2.24) is 9.47 Å². The molecule has 0 amide bonds. The fourth-order valence-electron chi connectivity index (χ4n) is 5.43. The molecular formula is C34H46BrClN2O8. The molecule has 2 atom stereocenters. The largest absolute Gasteiger partial charge is 0.492 e. The lowest BCUT2D eigenvalue weighted by Gasteiger charge is -2.34. The van der Waals surface area contributed by atoms with Gasteiger partial charge in [0.2, 0.25) is 0 Å². The highest BCUT2D eigenvalue weighted by Gasteiger charge is 2.44. The number of hydrogen-bond acceptors (Lipinski definition) is 9. The van der Waals surface area contributed by atoms with Crippen LogP contribution in [0.3, 0.4) is 0 Å². The predicted molar refractivity (Wildman–Crippen MR) is 182 cm³/mol. The van der Waals surface area contributed by atoms with Gasteiger partial charge in [0.15, 0.2) is 11.2 Å². The van der Waals surface area contributed by atoms with Crippen LogP contribution in [0.2, 0.25) is 5.02 Å². The van der Waals surface area contributed by atoms with E-state index in [9.17, 15) is 19.2 Å². The number of pyridine rings is 1. The highest BCUT2D eigenvalue weighted by molar-refractivity contribution is 9.10. The molecule has 0 radical (unpaired) electrons. The van der Waals surface area contributed by atoms with E-state index in [0.29, 0.717) is 24.0 Å². The fraction of sp³-hybridized carbons (Fsp3) is 0.529. The molecule has 0 bridgehead atoms. The first kappa shape index (κ1) is 39.0. The van der Waals surface area contributed by atoms with Crippen molar-refractivity contribution in [2.75, 3.05) is 47.6 Å². The first-order chi connectivity index (χ1) is 21.7. The van der Waals surface area contributed by atoms with E-state index in [0.717, 1.165) is 29.3 Å². The van der Waals surface area contributed by atoms with E-state index in [-0.39, 0.29) is 52.9 Å². The van der Waals surface area contributed by atoms with E-state index in [1.165, 1.54) is 19.2 Å². The van der Waals surface area contributed by atoms with E-state index in [1.807, 2.05) is 16.7 Å². The molecule has 1 aliphatic carbocycles. The van der Waals surface area contributed by atoms with Crippen molar-refractivity contribution in [3.63, 3.8) is 0 Å². The molecule has 3 rings (SSSR count). The molecule has 1 aliphatic rings. The van der Waals surface area contributed by atoms with Crippen molar-refractivity contribution in [2.24, 2.45) is 5.41 Å². The van der Waals surface area contributed by atoms with Crippen LogP contribution >= 0.6 is 27.5 Å². The smallest absolute Gasteiger partial charge is 0.343 e. The SMILES string of the molecule is CCOC(=O)/C(=C\N(C)C)C(C)=O.CCOC(=O)c1cn(C2C(c3cc(OCCCOC)c(Cl)cc3Br)CCC2(C)C)ccc1=O. The van der Waals surface area contributed by atoms with Gasteiger partial charge in [-0.3, -0.25) is 9.59 Å². The number of methoxy groups -OCH3 is 1. The van der Waals surface area contributed by atoms with Gasteiger partial charge in [-0.05, 0) is 56.7 Å². The number of aromatic nitrogens is 1. The second-order valence-electron chi connectivity index (χ2n) is 11.8. The minimum absolute atomic E-state index is 0.0186. The zero-order valence-corrected chi connectivity index (χ0v) is 30.3. The zero-order chi connectivity index (χ0) is 34.6.